The van der Waals surface area contributed by atoms with Crippen LogP contribution in [0.3, 0.4) is 0 Å². The van der Waals surface area contributed by atoms with Crippen molar-refractivity contribution < 1.29 is 28.9 Å². The molecule has 0 aromatic carbocycles. The molecule has 0 saturated carbocycles. The zero-order valence-corrected chi connectivity index (χ0v) is 21.6. The van der Waals surface area contributed by atoms with Crippen LogP contribution in [0.5, 0.6) is 0 Å². The van der Waals surface area contributed by atoms with E-state index in [2.05, 4.69) is 23.5 Å². The first kappa shape index (κ1) is 40.4. The van der Waals surface area contributed by atoms with Crippen LogP contribution in [0.4, 0.5) is 0 Å². The van der Waals surface area contributed by atoms with Gasteiger partial charge in [-0.2, -0.15) is 11.0 Å². The molecular formula is C26H50N2Na2O6. The van der Waals surface area contributed by atoms with Crippen LogP contribution in [0, 0.1) is 0 Å². The first-order valence-corrected chi connectivity index (χ1v) is 13.5. The van der Waals surface area contributed by atoms with Crippen molar-refractivity contribution in [3.8, 4) is 0 Å². The predicted molar refractivity (Wildman–Crippen MR) is 146 cm³/mol. The monoisotopic (exact) mass is 532 g/mol. The zero-order chi connectivity index (χ0) is 25.3. The third-order valence-electron chi connectivity index (χ3n) is 5.70. The molecule has 0 rings (SSSR count). The molecule has 8 nitrogen and oxygen atoms in total. The molecule has 2 amide bonds. The summed E-state index contributed by atoms with van der Waals surface area (Å²) in [5, 5.41) is 0. The number of carbonyl (C=O) groups is 4. The molecule has 0 aliphatic heterocycles. The summed E-state index contributed by atoms with van der Waals surface area (Å²) in [6.07, 6.45) is 20.8. The molecule has 0 aromatic rings. The second-order valence-corrected chi connectivity index (χ2v) is 8.99. The van der Waals surface area contributed by atoms with Gasteiger partial charge in [-0.05, 0) is 12.8 Å². The zero-order valence-electron chi connectivity index (χ0n) is 21.6. The Bertz CT molecular complexity index is 517. The van der Waals surface area contributed by atoms with E-state index in [4.69, 9.17) is 0 Å². The Morgan fingerprint density at radius 1 is 0.444 bits per heavy atom. The number of amides is 2. The van der Waals surface area contributed by atoms with Crippen molar-refractivity contribution in [1.29, 1.82) is 0 Å². The Labute approximate surface area is 263 Å². The number of hydrogen-bond donors (Lipinski definition) is 2. The van der Waals surface area contributed by atoms with Gasteiger partial charge in [-0.25, -0.2) is 9.59 Å². The summed E-state index contributed by atoms with van der Waals surface area (Å²) < 4.78 is 0. The average molecular weight is 533 g/mol. The van der Waals surface area contributed by atoms with E-state index >= 15 is 0 Å². The van der Waals surface area contributed by atoms with Gasteiger partial charge >= 0.3 is 71.1 Å². The summed E-state index contributed by atoms with van der Waals surface area (Å²) in [5.74, 6) is -3.72. The minimum absolute atomic E-state index is 0. The summed E-state index contributed by atoms with van der Waals surface area (Å²) in [6.45, 7) is 4.39. The second-order valence-electron chi connectivity index (χ2n) is 8.99. The number of rotatable bonds is 20. The van der Waals surface area contributed by atoms with Crippen LogP contribution in [-0.2, 0) is 28.9 Å². The van der Waals surface area contributed by atoms with Crippen LogP contribution >= 0.6 is 0 Å². The number of hydroxylamine groups is 2. The van der Waals surface area contributed by atoms with Crippen LogP contribution in [0.15, 0.2) is 0 Å². The van der Waals surface area contributed by atoms with Crippen molar-refractivity contribution in [3.05, 3.63) is 0 Å². The Balaban J connectivity index is -0.00000544. The number of carbonyl (C=O) groups excluding carboxylic acids is 4. The van der Waals surface area contributed by atoms with Gasteiger partial charge in [0.25, 0.3) is 11.8 Å². The van der Waals surface area contributed by atoms with Crippen molar-refractivity contribution in [1.82, 2.24) is 11.0 Å². The van der Waals surface area contributed by atoms with E-state index in [1.165, 1.54) is 64.2 Å². The molecule has 0 fully saturated rings. The fraction of sp³-hybridized carbons (Fsp3) is 0.846. The molecule has 0 unspecified atom stereocenters. The van der Waals surface area contributed by atoms with Gasteiger partial charge in [0.15, 0.2) is 0 Å². The molecule has 10 heteroatoms. The number of unbranched alkanes of at least 4 members (excludes halogenated alkanes) is 16. The second kappa shape index (κ2) is 31.1. The maximum absolute atomic E-state index is 11.7. The van der Waals surface area contributed by atoms with Crippen molar-refractivity contribution in [3.63, 3.8) is 0 Å². The SMILES string of the molecule is CCCCCCCCCCCC(=O)NOC(=O)C(=O)ONC(=O)CCCCCCCCCCC.[NaH].[NaH]. The van der Waals surface area contributed by atoms with Crippen LogP contribution in [0.2, 0.25) is 0 Å². The molecule has 0 aliphatic rings. The molecule has 0 aromatic heterocycles. The molecule has 0 heterocycles. The summed E-state index contributed by atoms with van der Waals surface area (Å²) in [7, 11) is 0. The van der Waals surface area contributed by atoms with E-state index in [1.807, 2.05) is 11.0 Å². The van der Waals surface area contributed by atoms with E-state index in [0.29, 0.717) is 12.8 Å². The molecule has 2 N–H and O–H groups in total. The third kappa shape index (κ3) is 28.5. The maximum atomic E-state index is 11.7. The van der Waals surface area contributed by atoms with Gasteiger partial charge in [0, 0.05) is 12.8 Å². The fourth-order valence-corrected chi connectivity index (χ4v) is 3.58. The van der Waals surface area contributed by atoms with E-state index in [-0.39, 0.29) is 72.0 Å². The van der Waals surface area contributed by atoms with Crippen molar-refractivity contribution >= 4 is 82.9 Å². The summed E-state index contributed by atoms with van der Waals surface area (Å²) in [5.41, 5.74) is 3.89. The third-order valence-corrected chi connectivity index (χ3v) is 5.70. The van der Waals surface area contributed by atoms with E-state index in [0.717, 1.165) is 38.5 Å². The Morgan fingerprint density at radius 2 is 0.694 bits per heavy atom. The van der Waals surface area contributed by atoms with Crippen molar-refractivity contribution in [2.24, 2.45) is 0 Å². The van der Waals surface area contributed by atoms with Crippen LogP contribution in [-0.4, -0.2) is 82.9 Å². The topological polar surface area (TPSA) is 111 Å². The van der Waals surface area contributed by atoms with Gasteiger partial charge in [0.05, 0.1) is 0 Å². The van der Waals surface area contributed by atoms with Crippen LogP contribution < -0.4 is 11.0 Å². The van der Waals surface area contributed by atoms with E-state index in [1.54, 1.807) is 0 Å². The van der Waals surface area contributed by atoms with Gasteiger partial charge in [0.1, 0.15) is 0 Å². The summed E-state index contributed by atoms with van der Waals surface area (Å²) >= 11 is 0. The Hall–Kier alpha value is -0.120. The van der Waals surface area contributed by atoms with E-state index in [9.17, 15) is 19.2 Å². The predicted octanol–water partition coefficient (Wildman–Crippen LogP) is 4.68. The standard InChI is InChI=1S/C26H48N2O6.2Na.2H/c1-3-5-7-9-11-13-15-17-19-21-23(29)27-33-25(31)26(32)34-28-24(30)22-20-18-16-14-12-10-8-6-4-2;;;;/h3-22H2,1-2H3,(H,27,29)(H,28,30);;;;. The average Bonchev–Trinajstić information content (AvgIpc) is 2.83. The number of nitrogens with one attached hydrogen (secondary N) is 2. The molecule has 0 bridgehead atoms. The Morgan fingerprint density at radius 3 is 0.972 bits per heavy atom. The minimum atomic E-state index is -1.39. The molecule has 0 spiro atoms. The molecule has 0 aliphatic carbocycles. The van der Waals surface area contributed by atoms with Crippen molar-refractivity contribution in [2.45, 2.75) is 142 Å². The van der Waals surface area contributed by atoms with E-state index < -0.39 is 23.8 Å². The molecule has 0 radical (unpaired) electrons. The van der Waals surface area contributed by atoms with Gasteiger partial charge in [-0.1, -0.05) is 117 Å². The molecule has 202 valence electrons. The molecule has 0 saturated heterocycles. The van der Waals surface area contributed by atoms with Gasteiger partial charge in [-0.3, -0.25) is 9.59 Å². The normalized spacial score (nSPS) is 9.94. The molecule has 0 atom stereocenters. The van der Waals surface area contributed by atoms with Crippen LogP contribution in [0.25, 0.3) is 0 Å². The fourth-order valence-electron chi connectivity index (χ4n) is 3.58. The van der Waals surface area contributed by atoms with Crippen LogP contribution in [0.1, 0.15) is 142 Å². The molecule has 36 heavy (non-hydrogen) atoms. The van der Waals surface area contributed by atoms with Crippen molar-refractivity contribution in [2.75, 3.05) is 0 Å². The summed E-state index contributed by atoms with van der Waals surface area (Å²) in [6, 6.07) is 0. The Kier molecular flexibility index (Phi) is 34.9. The first-order chi connectivity index (χ1) is 16.5. The summed E-state index contributed by atoms with van der Waals surface area (Å²) in [4.78, 5) is 55.3. The first-order valence-electron chi connectivity index (χ1n) is 13.5. The quantitative estimate of drug-likeness (QED) is 0.102. The van der Waals surface area contributed by atoms with Gasteiger partial charge < -0.3 is 9.68 Å². The van der Waals surface area contributed by atoms with Gasteiger partial charge in [-0.15, -0.1) is 0 Å². The number of hydrogen-bond acceptors (Lipinski definition) is 6. The molecular weight excluding hydrogens is 482 g/mol. The van der Waals surface area contributed by atoms with Gasteiger partial charge in [0.2, 0.25) is 0 Å².